The summed E-state index contributed by atoms with van der Waals surface area (Å²) in [7, 11) is 0. The van der Waals surface area contributed by atoms with E-state index in [-0.39, 0.29) is 17.7 Å². The summed E-state index contributed by atoms with van der Waals surface area (Å²) in [6.07, 6.45) is 1.66. The number of hydrogen-bond acceptors (Lipinski definition) is 6. The molecular weight excluding hydrogens is 687 g/mol. The number of ether oxygens (including phenoxy) is 1. The van der Waals surface area contributed by atoms with Gasteiger partial charge in [0.15, 0.2) is 4.80 Å². The third kappa shape index (κ3) is 5.37. The standard InChI is InChI=1S/C32H21Br2FN2O4S/c1-2-40-31(39)27-28(18-6-4-3-5-7-18)36-32-37(29(27)19-8-11-21(35)12-9-19)30(38)26(42-32)17-22-13-15-25(41-22)23-16-20(33)10-14-24(23)34/h3-17,29H,2H2,1H3/b26-17+/t29-/m0/s1. The third-order valence-corrected chi connectivity index (χ3v) is 8.82. The molecule has 1 aliphatic rings. The van der Waals surface area contributed by atoms with Gasteiger partial charge in [-0.2, -0.15) is 0 Å². The molecule has 210 valence electrons. The average Bonchev–Trinajstić information content (AvgIpc) is 3.58. The second-order valence-electron chi connectivity index (χ2n) is 9.31. The predicted molar refractivity (Wildman–Crippen MR) is 167 cm³/mol. The molecule has 0 spiro atoms. The minimum absolute atomic E-state index is 0.139. The second-order valence-corrected chi connectivity index (χ2v) is 12.1. The van der Waals surface area contributed by atoms with Gasteiger partial charge in [-0.1, -0.05) is 85.7 Å². The Morgan fingerprint density at radius 3 is 2.57 bits per heavy atom. The molecule has 0 N–H and O–H groups in total. The molecule has 2 aromatic heterocycles. The minimum Gasteiger partial charge on any atom is -0.463 e. The Balaban J connectivity index is 1.56. The van der Waals surface area contributed by atoms with Crippen LogP contribution in [0.1, 0.15) is 29.9 Å². The number of carbonyl (C=O) groups excluding carboxylic acids is 1. The Bertz CT molecular complexity index is 2030. The molecule has 5 aromatic rings. The fraction of sp³-hybridized carbons (Fsp3) is 0.0938. The highest BCUT2D eigenvalue weighted by molar-refractivity contribution is 9.11. The predicted octanol–water partition coefficient (Wildman–Crippen LogP) is 6.86. The second kappa shape index (κ2) is 11.8. The summed E-state index contributed by atoms with van der Waals surface area (Å²) in [6.45, 7) is 1.85. The minimum atomic E-state index is -0.886. The summed E-state index contributed by atoms with van der Waals surface area (Å²) in [5, 5.41) is 0. The molecule has 0 bridgehead atoms. The fourth-order valence-corrected chi connectivity index (χ4v) is 6.58. The van der Waals surface area contributed by atoms with Gasteiger partial charge in [-0.3, -0.25) is 9.36 Å². The van der Waals surface area contributed by atoms with E-state index in [1.54, 1.807) is 31.2 Å². The van der Waals surface area contributed by atoms with E-state index in [9.17, 15) is 14.0 Å². The molecule has 42 heavy (non-hydrogen) atoms. The van der Waals surface area contributed by atoms with Gasteiger partial charge in [-0.05, 0) is 55.0 Å². The summed E-state index contributed by atoms with van der Waals surface area (Å²) in [6, 6.07) is 23.5. The first-order valence-electron chi connectivity index (χ1n) is 12.9. The van der Waals surface area contributed by atoms with Gasteiger partial charge < -0.3 is 9.15 Å². The first kappa shape index (κ1) is 28.3. The quantitative estimate of drug-likeness (QED) is 0.181. The molecule has 0 amide bonds. The van der Waals surface area contributed by atoms with Crippen LogP contribution in [0, 0.1) is 5.82 Å². The lowest BCUT2D eigenvalue weighted by atomic mass is 9.93. The molecule has 1 aliphatic heterocycles. The van der Waals surface area contributed by atoms with Gasteiger partial charge in [0.05, 0.1) is 28.5 Å². The molecule has 1 atom stereocenters. The number of halogens is 3. The van der Waals surface area contributed by atoms with Crippen LogP contribution in [0.2, 0.25) is 0 Å². The van der Waals surface area contributed by atoms with Gasteiger partial charge in [0.1, 0.15) is 17.3 Å². The number of carbonyl (C=O) groups is 1. The topological polar surface area (TPSA) is 73.8 Å². The van der Waals surface area contributed by atoms with E-state index in [4.69, 9.17) is 14.1 Å². The number of nitrogens with zero attached hydrogens (tertiary/aromatic N) is 2. The number of hydrogen-bond donors (Lipinski definition) is 0. The number of aromatic nitrogens is 1. The van der Waals surface area contributed by atoms with E-state index in [0.29, 0.717) is 37.7 Å². The number of rotatable bonds is 6. The Morgan fingerprint density at radius 2 is 1.83 bits per heavy atom. The third-order valence-electron chi connectivity index (χ3n) is 6.65. The summed E-state index contributed by atoms with van der Waals surface area (Å²) in [5.74, 6) is 0.0801. The van der Waals surface area contributed by atoms with Crippen LogP contribution < -0.4 is 14.9 Å². The summed E-state index contributed by atoms with van der Waals surface area (Å²) >= 11 is 8.24. The zero-order chi connectivity index (χ0) is 29.4. The van der Waals surface area contributed by atoms with Crippen LogP contribution in [0.5, 0.6) is 0 Å². The molecule has 10 heteroatoms. The van der Waals surface area contributed by atoms with E-state index in [1.165, 1.54) is 28.0 Å². The van der Waals surface area contributed by atoms with Gasteiger partial charge in [0.25, 0.3) is 5.56 Å². The van der Waals surface area contributed by atoms with Crippen LogP contribution in [0.4, 0.5) is 4.39 Å². The number of fused-ring (bicyclic) bond motifs is 1. The first-order valence-corrected chi connectivity index (χ1v) is 15.3. The highest BCUT2D eigenvalue weighted by Gasteiger charge is 2.35. The van der Waals surface area contributed by atoms with Gasteiger partial charge in [0.2, 0.25) is 0 Å². The lowest BCUT2D eigenvalue weighted by molar-refractivity contribution is -0.138. The van der Waals surface area contributed by atoms with Crippen molar-refractivity contribution < 1.29 is 18.3 Å². The lowest BCUT2D eigenvalue weighted by Gasteiger charge is -2.25. The molecule has 0 radical (unpaired) electrons. The molecule has 0 aliphatic carbocycles. The van der Waals surface area contributed by atoms with Crippen LogP contribution in [0.15, 0.2) is 114 Å². The van der Waals surface area contributed by atoms with Crippen LogP contribution in [-0.4, -0.2) is 17.1 Å². The largest absolute Gasteiger partial charge is 0.463 e. The summed E-state index contributed by atoms with van der Waals surface area (Å²) in [5.41, 5.74) is 2.34. The maximum Gasteiger partial charge on any atom is 0.338 e. The molecule has 6 nitrogen and oxygen atoms in total. The number of esters is 1. The van der Waals surface area contributed by atoms with Gasteiger partial charge >= 0.3 is 5.97 Å². The molecule has 0 saturated carbocycles. The fourth-order valence-electron chi connectivity index (χ4n) is 4.79. The highest BCUT2D eigenvalue weighted by Crippen LogP contribution is 2.35. The summed E-state index contributed by atoms with van der Waals surface area (Å²) in [4.78, 5) is 32.7. The molecule has 0 saturated heterocycles. The van der Waals surface area contributed by atoms with Crippen molar-refractivity contribution in [2.24, 2.45) is 4.99 Å². The van der Waals surface area contributed by atoms with Crippen molar-refractivity contribution in [1.29, 1.82) is 0 Å². The lowest BCUT2D eigenvalue weighted by Crippen LogP contribution is -2.40. The highest BCUT2D eigenvalue weighted by atomic mass is 79.9. The maximum absolute atomic E-state index is 14.0. The Kier molecular flexibility index (Phi) is 7.94. The number of benzene rings is 3. The molecule has 6 rings (SSSR count). The van der Waals surface area contributed by atoms with Crippen molar-refractivity contribution in [3.8, 4) is 11.3 Å². The van der Waals surface area contributed by atoms with Crippen LogP contribution in [0.25, 0.3) is 23.1 Å². The summed E-state index contributed by atoms with van der Waals surface area (Å²) < 4.78 is 29.1. The van der Waals surface area contributed by atoms with E-state index < -0.39 is 17.8 Å². The first-order chi connectivity index (χ1) is 20.3. The van der Waals surface area contributed by atoms with Crippen LogP contribution in [0.3, 0.4) is 0 Å². The Hall–Kier alpha value is -3.86. The van der Waals surface area contributed by atoms with Crippen molar-refractivity contribution in [3.05, 3.63) is 142 Å². The average molecular weight is 708 g/mol. The molecule has 0 unspecified atom stereocenters. The smallest absolute Gasteiger partial charge is 0.338 e. The molecule has 3 heterocycles. The van der Waals surface area contributed by atoms with E-state index in [0.717, 1.165) is 14.5 Å². The van der Waals surface area contributed by atoms with Gasteiger partial charge in [-0.25, -0.2) is 14.2 Å². The Morgan fingerprint density at radius 1 is 1.07 bits per heavy atom. The van der Waals surface area contributed by atoms with Crippen molar-refractivity contribution >= 4 is 60.9 Å². The normalized spacial score (nSPS) is 15.0. The molecular formula is C32H21Br2FN2O4S. The van der Waals surface area contributed by atoms with Crippen molar-refractivity contribution in [1.82, 2.24) is 4.57 Å². The van der Waals surface area contributed by atoms with Crippen molar-refractivity contribution in [2.45, 2.75) is 13.0 Å². The van der Waals surface area contributed by atoms with Crippen LogP contribution in [-0.2, 0) is 9.53 Å². The SMILES string of the molecule is CCOC(=O)C1=C(c2ccccc2)N=c2s/c(=C/c3ccc(-c4cc(Br)ccc4Br)o3)c(=O)n2[C@H]1c1ccc(F)cc1. The van der Waals surface area contributed by atoms with Gasteiger partial charge in [0, 0.05) is 26.1 Å². The monoisotopic (exact) mass is 706 g/mol. The van der Waals surface area contributed by atoms with Crippen LogP contribution >= 0.6 is 43.2 Å². The Labute approximate surface area is 260 Å². The van der Waals surface area contributed by atoms with Crippen molar-refractivity contribution in [2.75, 3.05) is 6.61 Å². The van der Waals surface area contributed by atoms with Crippen molar-refractivity contribution in [3.63, 3.8) is 0 Å². The number of furan rings is 1. The maximum atomic E-state index is 14.0. The zero-order valence-corrected chi connectivity index (χ0v) is 26.0. The van der Waals surface area contributed by atoms with E-state index in [1.807, 2.05) is 54.6 Å². The molecule has 0 fully saturated rings. The van der Waals surface area contributed by atoms with E-state index >= 15 is 0 Å². The van der Waals surface area contributed by atoms with Gasteiger partial charge in [-0.15, -0.1) is 0 Å². The van der Waals surface area contributed by atoms with E-state index in [2.05, 4.69) is 31.9 Å². The number of thiazole rings is 1. The zero-order valence-electron chi connectivity index (χ0n) is 22.0. The molecule has 3 aromatic carbocycles.